The first-order chi connectivity index (χ1) is 15.4. The number of aromatic nitrogens is 2. The summed E-state index contributed by atoms with van der Waals surface area (Å²) in [5, 5.41) is 11.2. The molecule has 1 atom stereocenters. The van der Waals surface area contributed by atoms with Gasteiger partial charge in [-0.25, -0.2) is 12.8 Å². The molecule has 2 heterocycles. The lowest BCUT2D eigenvalue weighted by Gasteiger charge is -2.22. The van der Waals surface area contributed by atoms with Crippen molar-refractivity contribution < 1.29 is 17.6 Å². The van der Waals surface area contributed by atoms with Crippen molar-refractivity contribution in [3.8, 4) is 0 Å². The number of aryl methyl sites for hydroxylation is 1. The van der Waals surface area contributed by atoms with Crippen molar-refractivity contribution in [2.45, 2.75) is 43.5 Å². The first-order valence-electron chi connectivity index (χ1n) is 10.4. The second kappa shape index (κ2) is 9.43. The Morgan fingerprint density at radius 1 is 1.22 bits per heavy atom. The van der Waals surface area contributed by atoms with E-state index in [9.17, 15) is 17.6 Å². The summed E-state index contributed by atoms with van der Waals surface area (Å²) in [5.41, 5.74) is 1.41. The SMILES string of the molecule is CCCc1ccc(S(=O)(=O)N2CCCC2c2nnc(C(=O)Nc3cccc(F)c3)s2)cc1. The predicted molar refractivity (Wildman–Crippen MR) is 121 cm³/mol. The fraction of sp³-hybridized carbons (Fsp3) is 0.318. The molecule has 0 spiro atoms. The van der Waals surface area contributed by atoms with Crippen LogP contribution >= 0.6 is 11.3 Å². The normalized spacial score (nSPS) is 16.9. The second-order valence-corrected chi connectivity index (χ2v) is 10.5. The average molecular weight is 475 g/mol. The number of rotatable bonds is 7. The molecule has 0 aliphatic carbocycles. The van der Waals surface area contributed by atoms with Gasteiger partial charge < -0.3 is 5.32 Å². The summed E-state index contributed by atoms with van der Waals surface area (Å²) in [4.78, 5) is 12.7. The Morgan fingerprint density at radius 3 is 2.72 bits per heavy atom. The molecule has 1 aliphatic heterocycles. The van der Waals surface area contributed by atoms with E-state index < -0.39 is 27.8 Å². The lowest BCUT2D eigenvalue weighted by atomic mass is 10.1. The molecule has 0 bridgehead atoms. The van der Waals surface area contributed by atoms with E-state index in [1.165, 1.54) is 22.5 Å². The van der Waals surface area contributed by atoms with Crippen LogP contribution in [-0.4, -0.2) is 35.4 Å². The fourth-order valence-electron chi connectivity index (χ4n) is 3.74. The molecule has 1 saturated heterocycles. The zero-order valence-corrected chi connectivity index (χ0v) is 19.1. The minimum atomic E-state index is -3.70. The molecule has 4 rings (SSSR count). The molecule has 1 aromatic heterocycles. The van der Waals surface area contributed by atoms with Crippen molar-refractivity contribution in [1.82, 2.24) is 14.5 Å². The summed E-state index contributed by atoms with van der Waals surface area (Å²) >= 11 is 1.05. The van der Waals surface area contributed by atoms with Crippen LogP contribution in [0.4, 0.5) is 10.1 Å². The van der Waals surface area contributed by atoms with Gasteiger partial charge in [-0.05, 0) is 55.2 Å². The summed E-state index contributed by atoms with van der Waals surface area (Å²) < 4.78 is 41.3. The highest BCUT2D eigenvalue weighted by Gasteiger charge is 2.38. The number of nitrogens with zero attached hydrogens (tertiary/aromatic N) is 3. The van der Waals surface area contributed by atoms with Crippen LogP contribution in [0.5, 0.6) is 0 Å². The molecule has 2 aromatic carbocycles. The topological polar surface area (TPSA) is 92.3 Å². The zero-order chi connectivity index (χ0) is 22.7. The average Bonchev–Trinajstić information content (AvgIpc) is 3.44. The molecule has 1 amide bonds. The van der Waals surface area contributed by atoms with E-state index in [-0.39, 0.29) is 9.90 Å². The van der Waals surface area contributed by atoms with Gasteiger partial charge in [0, 0.05) is 12.2 Å². The van der Waals surface area contributed by atoms with Gasteiger partial charge in [0.05, 0.1) is 10.9 Å². The van der Waals surface area contributed by atoms with E-state index in [0.717, 1.165) is 29.7 Å². The first-order valence-corrected chi connectivity index (χ1v) is 12.6. The van der Waals surface area contributed by atoms with Gasteiger partial charge in [0.1, 0.15) is 10.8 Å². The number of hydrogen-bond donors (Lipinski definition) is 1. The van der Waals surface area contributed by atoms with E-state index in [0.29, 0.717) is 30.1 Å². The number of nitrogens with one attached hydrogen (secondary N) is 1. The molecule has 10 heteroatoms. The van der Waals surface area contributed by atoms with Crippen LogP contribution < -0.4 is 5.32 Å². The molecular formula is C22H23FN4O3S2. The molecule has 0 saturated carbocycles. The third-order valence-electron chi connectivity index (χ3n) is 5.27. The van der Waals surface area contributed by atoms with Gasteiger partial charge >= 0.3 is 0 Å². The lowest BCUT2D eigenvalue weighted by molar-refractivity contribution is 0.102. The number of hydrogen-bond acceptors (Lipinski definition) is 6. The summed E-state index contributed by atoms with van der Waals surface area (Å²) in [6.07, 6.45) is 3.19. The van der Waals surface area contributed by atoms with Crippen molar-refractivity contribution in [3.05, 3.63) is 69.9 Å². The van der Waals surface area contributed by atoms with Crippen LogP contribution in [0.2, 0.25) is 0 Å². The highest BCUT2D eigenvalue weighted by Crippen LogP contribution is 2.37. The maximum atomic E-state index is 13.3. The van der Waals surface area contributed by atoms with Crippen LogP contribution in [0.15, 0.2) is 53.4 Å². The van der Waals surface area contributed by atoms with Gasteiger partial charge in [-0.1, -0.05) is 42.9 Å². The molecule has 1 N–H and O–H groups in total. The van der Waals surface area contributed by atoms with E-state index in [4.69, 9.17) is 0 Å². The van der Waals surface area contributed by atoms with Crippen molar-refractivity contribution in [1.29, 1.82) is 0 Å². The first kappa shape index (κ1) is 22.5. The molecule has 3 aromatic rings. The number of carbonyl (C=O) groups excluding carboxylic acids is 1. The Bertz CT molecular complexity index is 1210. The molecular weight excluding hydrogens is 451 g/mol. The maximum absolute atomic E-state index is 13.3. The highest BCUT2D eigenvalue weighted by molar-refractivity contribution is 7.89. The van der Waals surface area contributed by atoms with Crippen molar-refractivity contribution in [2.24, 2.45) is 0 Å². The van der Waals surface area contributed by atoms with E-state index in [1.807, 2.05) is 12.1 Å². The fourth-order valence-corrected chi connectivity index (χ4v) is 6.35. The zero-order valence-electron chi connectivity index (χ0n) is 17.5. The third kappa shape index (κ3) is 4.72. The lowest BCUT2D eigenvalue weighted by Crippen LogP contribution is -2.30. The Balaban J connectivity index is 1.52. The van der Waals surface area contributed by atoms with Gasteiger partial charge in [0.2, 0.25) is 15.0 Å². The van der Waals surface area contributed by atoms with E-state index >= 15 is 0 Å². The standard InChI is InChI=1S/C22H23FN4O3S2/c1-2-5-15-9-11-18(12-10-15)32(29,30)27-13-4-8-19(27)21-25-26-22(31-21)20(28)24-17-7-3-6-16(23)14-17/h3,6-7,9-12,14,19H,2,4-5,8,13H2,1H3,(H,24,28). The Morgan fingerprint density at radius 2 is 2.00 bits per heavy atom. The van der Waals surface area contributed by atoms with Crippen LogP contribution in [0.25, 0.3) is 0 Å². The van der Waals surface area contributed by atoms with Crippen LogP contribution in [0.3, 0.4) is 0 Å². The second-order valence-electron chi connectivity index (χ2n) is 7.58. The van der Waals surface area contributed by atoms with Crippen molar-refractivity contribution >= 4 is 33.0 Å². The molecule has 7 nitrogen and oxygen atoms in total. The highest BCUT2D eigenvalue weighted by atomic mass is 32.2. The molecule has 32 heavy (non-hydrogen) atoms. The molecule has 1 aliphatic rings. The maximum Gasteiger partial charge on any atom is 0.286 e. The van der Waals surface area contributed by atoms with Crippen LogP contribution in [0, 0.1) is 5.82 Å². The number of anilines is 1. The number of carbonyl (C=O) groups is 1. The number of sulfonamides is 1. The van der Waals surface area contributed by atoms with Gasteiger partial charge in [-0.3, -0.25) is 4.79 Å². The van der Waals surface area contributed by atoms with E-state index in [1.54, 1.807) is 18.2 Å². The van der Waals surface area contributed by atoms with E-state index in [2.05, 4.69) is 22.4 Å². The Labute approximate surface area is 190 Å². The largest absolute Gasteiger partial charge is 0.320 e. The summed E-state index contributed by atoms with van der Waals surface area (Å²) in [6.45, 7) is 2.46. The van der Waals surface area contributed by atoms with Crippen LogP contribution in [-0.2, 0) is 16.4 Å². The molecule has 1 fully saturated rings. The number of halogens is 1. The van der Waals surface area contributed by atoms with Gasteiger partial charge in [-0.15, -0.1) is 10.2 Å². The quantitative estimate of drug-likeness (QED) is 0.548. The molecule has 168 valence electrons. The number of benzene rings is 2. The monoisotopic (exact) mass is 474 g/mol. The summed E-state index contributed by atoms with van der Waals surface area (Å²) in [5.74, 6) is -0.978. The predicted octanol–water partition coefficient (Wildman–Crippen LogP) is 4.41. The minimum Gasteiger partial charge on any atom is -0.320 e. The Kier molecular flexibility index (Phi) is 6.63. The molecule has 1 unspecified atom stereocenters. The Hall–Kier alpha value is -2.69. The van der Waals surface area contributed by atoms with Crippen molar-refractivity contribution in [3.63, 3.8) is 0 Å². The van der Waals surface area contributed by atoms with Crippen LogP contribution in [0.1, 0.15) is 52.6 Å². The van der Waals surface area contributed by atoms with Gasteiger partial charge in [0.15, 0.2) is 0 Å². The van der Waals surface area contributed by atoms with Crippen molar-refractivity contribution in [2.75, 3.05) is 11.9 Å². The number of amides is 1. The summed E-state index contributed by atoms with van der Waals surface area (Å²) in [7, 11) is -3.70. The van der Waals surface area contributed by atoms with Gasteiger partial charge in [0.25, 0.3) is 5.91 Å². The van der Waals surface area contributed by atoms with Gasteiger partial charge in [-0.2, -0.15) is 4.31 Å². The molecule has 0 radical (unpaired) electrons. The smallest absolute Gasteiger partial charge is 0.286 e. The third-order valence-corrected chi connectivity index (χ3v) is 8.22. The summed E-state index contributed by atoms with van der Waals surface area (Å²) in [6, 6.07) is 12.1. The minimum absolute atomic E-state index is 0.0948.